The van der Waals surface area contributed by atoms with Crippen LogP contribution in [-0.4, -0.2) is 49.5 Å². The Hall–Kier alpha value is -0.120. The second-order valence-electron chi connectivity index (χ2n) is 6.96. The quantitative estimate of drug-likeness (QED) is 0.751. The van der Waals surface area contributed by atoms with Crippen LogP contribution in [0.1, 0.15) is 46.0 Å². The van der Waals surface area contributed by atoms with E-state index in [-0.39, 0.29) is 0 Å². The summed E-state index contributed by atoms with van der Waals surface area (Å²) in [4.78, 5) is 2.73. The molecule has 0 bridgehead atoms. The number of hydrogen-bond acceptors (Lipinski definition) is 3. The van der Waals surface area contributed by atoms with Crippen LogP contribution >= 0.6 is 0 Å². The molecular weight excluding hydrogens is 226 g/mol. The lowest BCUT2D eigenvalue weighted by Crippen LogP contribution is -2.65. The van der Waals surface area contributed by atoms with Crippen LogP contribution in [0, 0.1) is 5.41 Å². The maximum absolute atomic E-state index is 5.87. The Labute approximate surface area is 111 Å². The fourth-order valence-corrected chi connectivity index (χ4v) is 3.34. The molecule has 18 heavy (non-hydrogen) atoms. The summed E-state index contributed by atoms with van der Waals surface area (Å²) in [6.07, 6.45) is 7.16. The molecule has 2 heterocycles. The second-order valence-corrected chi connectivity index (χ2v) is 6.96. The lowest BCUT2D eigenvalue weighted by molar-refractivity contribution is -0.163. The van der Waals surface area contributed by atoms with Crippen molar-refractivity contribution in [2.24, 2.45) is 5.41 Å². The van der Waals surface area contributed by atoms with Gasteiger partial charge < -0.3 is 9.47 Å². The van der Waals surface area contributed by atoms with Crippen LogP contribution in [0.15, 0.2) is 0 Å². The first kappa shape index (κ1) is 12.9. The molecule has 0 radical (unpaired) electrons. The minimum absolute atomic E-state index is 0.366. The van der Waals surface area contributed by atoms with E-state index in [1.54, 1.807) is 0 Å². The fourth-order valence-electron chi connectivity index (χ4n) is 3.34. The van der Waals surface area contributed by atoms with Crippen molar-refractivity contribution in [3.05, 3.63) is 0 Å². The summed E-state index contributed by atoms with van der Waals surface area (Å²) < 4.78 is 11.4. The van der Waals surface area contributed by atoms with Gasteiger partial charge in [0.25, 0.3) is 0 Å². The van der Waals surface area contributed by atoms with Gasteiger partial charge in [-0.3, -0.25) is 4.90 Å². The van der Waals surface area contributed by atoms with Crippen molar-refractivity contribution in [2.45, 2.75) is 57.6 Å². The summed E-state index contributed by atoms with van der Waals surface area (Å²) in [5, 5.41) is 0. The van der Waals surface area contributed by atoms with Crippen molar-refractivity contribution in [3.63, 3.8) is 0 Å². The molecule has 2 saturated heterocycles. The fraction of sp³-hybridized carbons (Fsp3) is 1.00. The lowest BCUT2D eigenvalue weighted by atomic mass is 9.83. The van der Waals surface area contributed by atoms with Crippen LogP contribution in [0.3, 0.4) is 0 Å². The molecule has 1 spiro atoms. The van der Waals surface area contributed by atoms with Crippen molar-refractivity contribution in [1.82, 2.24) is 4.90 Å². The van der Waals surface area contributed by atoms with E-state index in [4.69, 9.17) is 9.47 Å². The topological polar surface area (TPSA) is 21.7 Å². The summed E-state index contributed by atoms with van der Waals surface area (Å²) in [6, 6.07) is 0. The third-order valence-corrected chi connectivity index (χ3v) is 4.94. The molecule has 3 nitrogen and oxygen atoms in total. The van der Waals surface area contributed by atoms with Crippen LogP contribution in [0.2, 0.25) is 0 Å². The first-order valence-electron chi connectivity index (χ1n) is 7.59. The van der Waals surface area contributed by atoms with Gasteiger partial charge in [0.05, 0.1) is 31.5 Å². The zero-order valence-corrected chi connectivity index (χ0v) is 11.9. The van der Waals surface area contributed by atoms with Gasteiger partial charge in [-0.25, -0.2) is 0 Å². The van der Waals surface area contributed by atoms with Crippen molar-refractivity contribution in [3.8, 4) is 0 Å². The number of likely N-dealkylation sites (tertiary alicyclic amines) is 1. The molecule has 104 valence electrons. The standard InChI is InChI=1S/C15H27NO2/c1-13(2)18-10-14(6-7-14)9-16-8-4-3-5-15(16)11-17-12-15/h13H,3-12H2,1-2H3. The SMILES string of the molecule is CC(C)OCC1(CN2CCCCC23COC3)CC1. The Balaban J connectivity index is 1.57. The van der Waals surface area contributed by atoms with E-state index < -0.39 is 0 Å². The monoisotopic (exact) mass is 253 g/mol. The van der Waals surface area contributed by atoms with Crippen LogP contribution in [0.25, 0.3) is 0 Å². The van der Waals surface area contributed by atoms with Crippen molar-refractivity contribution in [2.75, 3.05) is 32.9 Å². The summed E-state index contributed by atoms with van der Waals surface area (Å²) >= 11 is 0. The number of nitrogens with zero attached hydrogens (tertiary/aromatic N) is 1. The normalized spacial score (nSPS) is 29.5. The van der Waals surface area contributed by atoms with Crippen molar-refractivity contribution in [1.29, 1.82) is 0 Å². The van der Waals surface area contributed by atoms with E-state index in [2.05, 4.69) is 18.7 Å². The van der Waals surface area contributed by atoms with Gasteiger partial charge in [0.15, 0.2) is 0 Å². The van der Waals surface area contributed by atoms with Crippen LogP contribution in [0.4, 0.5) is 0 Å². The van der Waals surface area contributed by atoms with E-state index in [1.165, 1.54) is 45.2 Å². The molecule has 3 aliphatic rings. The Kier molecular flexibility index (Phi) is 3.41. The Morgan fingerprint density at radius 2 is 1.94 bits per heavy atom. The van der Waals surface area contributed by atoms with Gasteiger partial charge in [0.1, 0.15) is 0 Å². The van der Waals surface area contributed by atoms with Gasteiger partial charge in [-0.05, 0) is 46.1 Å². The van der Waals surface area contributed by atoms with Gasteiger partial charge in [-0.1, -0.05) is 6.42 Å². The Bertz CT molecular complexity index is 295. The highest BCUT2D eigenvalue weighted by Gasteiger charge is 2.51. The smallest absolute Gasteiger partial charge is 0.0678 e. The largest absolute Gasteiger partial charge is 0.378 e. The van der Waals surface area contributed by atoms with Gasteiger partial charge in [-0.15, -0.1) is 0 Å². The first-order chi connectivity index (χ1) is 8.64. The molecule has 3 rings (SSSR count). The van der Waals surface area contributed by atoms with Gasteiger partial charge in [0.2, 0.25) is 0 Å². The highest BCUT2D eigenvalue weighted by Crippen LogP contribution is 2.49. The number of ether oxygens (including phenoxy) is 2. The molecule has 0 aromatic heterocycles. The predicted molar refractivity (Wildman–Crippen MR) is 71.7 cm³/mol. The molecule has 0 aromatic rings. The van der Waals surface area contributed by atoms with Crippen LogP contribution < -0.4 is 0 Å². The maximum atomic E-state index is 5.87. The molecule has 0 atom stereocenters. The molecule has 0 aromatic carbocycles. The van der Waals surface area contributed by atoms with Gasteiger partial charge in [-0.2, -0.15) is 0 Å². The second kappa shape index (κ2) is 4.77. The summed E-state index contributed by atoms with van der Waals surface area (Å²) in [6.45, 7) is 9.67. The van der Waals surface area contributed by atoms with Crippen LogP contribution in [0.5, 0.6) is 0 Å². The molecule has 1 saturated carbocycles. The minimum atomic E-state index is 0.366. The zero-order valence-electron chi connectivity index (χ0n) is 11.9. The van der Waals surface area contributed by atoms with Crippen molar-refractivity contribution >= 4 is 0 Å². The summed E-state index contributed by atoms with van der Waals surface area (Å²) in [7, 11) is 0. The molecular formula is C15H27NO2. The zero-order chi connectivity index (χ0) is 12.6. The van der Waals surface area contributed by atoms with E-state index in [9.17, 15) is 0 Å². The van der Waals surface area contributed by atoms with Crippen LogP contribution in [-0.2, 0) is 9.47 Å². The van der Waals surface area contributed by atoms with E-state index in [0.29, 0.717) is 17.1 Å². The number of hydrogen-bond donors (Lipinski definition) is 0. The van der Waals surface area contributed by atoms with Gasteiger partial charge in [0, 0.05) is 12.0 Å². The molecule has 1 aliphatic carbocycles. The average molecular weight is 253 g/mol. The van der Waals surface area contributed by atoms with E-state index in [1.807, 2.05) is 0 Å². The molecule has 2 aliphatic heterocycles. The third-order valence-electron chi connectivity index (χ3n) is 4.94. The molecule has 0 amide bonds. The van der Waals surface area contributed by atoms with E-state index >= 15 is 0 Å². The van der Waals surface area contributed by atoms with E-state index in [0.717, 1.165) is 19.8 Å². The third kappa shape index (κ3) is 2.45. The van der Waals surface area contributed by atoms with Crippen molar-refractivity contribution < 1.29 is 9.47 Å². The highest BCUT2D eigenvalue weighted by molar-refractivity contribution is 5.04. The minimum Gasteiger partial charge on any atom is -0.378 e. The molecule has 0 unspecified atom stereocenters. The number of rotatable bonds is 5. The summed E-state index contributed by atoms with van der Waals surface area (Å²) in [5.74, 6) is 0. The Morgan fingerprint density at radius 3 is 2.50 bits per heavy atom. The Morgan fingerprint density at radius 1 is 1.17 bits per heavy atom. The molecule has 3 heteroatoms. The molecule has 0 N–H and O–H groups in total. The summed E-state index contributed by atoms with van der Waals surface area (Å²) in [5.41, 5.74) is 0.885. The highest BCUT2D eigenvalue weighted by atomic mass is 16.5. The maximum Gasteiger partial charge on any atom is 0.0678 e. The predicted octanol–water partition coefficient (Wildman–Crippen LogP) is 2.45. The lowest BCUT2D eigenvalue weighted by Gasteiger charge is -2.53. The number of piperidine rings is 1. The van der Waals surface area contributed by atoms with Gasteiger partial charge >= 0.3 is 0 Å². The molecule has 3 fully saturated rings. The first-order valence-corrected chi connectivity index (χ1v) is 7.59. The average Bonchev–Trinajstić information content (AvgIpc) is 3.06.